The van der Waals surface area contributed by atoms with Gasteiger partial charge in [0, 0.05) is 17.4 Å². The molecule has 1 saturated carbocycles. The highest BCUT2D eigenvalue weighted by Crippen LogP contribution is 2.33. The van der Waals surface area contributed by atoms with E-state index in [1.54, 1.807) is 0 Å². The molecule has 0 aromatic carbocycles. The van der Waals surface area contributed by atoms with Crippen molar-refractivity contribution >= 4 is 17.7 Å². The predicted octanol–water partition coefficient (Wildman–Crippen LogP) is 0.663. The molecule has 6 heteroatoms. The third kappa shape index (κ3) is 2.62. The van der Waals surface area contributed by atoms with Crippen LogP contribution in [-0.2, 0) is 4.79 Å². The largest absolute Gasteiger partial charge is 0.353 e. The van der Waals surface area contributed by atoms with E-state index in [4.69, 9.17) is 0 Å². The molecule has 0 aromatic heterocycles. The Hall–Kier alpha value is -0.780. The first-order valence-electron chi connectivity index (χ1n) is 5.20. The Bertz CT molecular complexity index is 279. The van der Waals surface area contributed by atoms with Crippen LogP contribution in [0, 0.1) is 16.0 Å². The first-order valence-corrected chi connectivity index (χ1v) is 6.35. The van der Waals surface area contributed by atoms with Crippen LogP contribution in [0.5, 0.6) is 0 Å². The Morgan fingerprint density at radius 3 is 2.60 bits per heavy atom. The minimum absolute atomic E-state index is 0.117. The van der Waals surface area contributed by atoms with Crippen molar-refractivity contribution in [3.8, 4) is 0 Å². The minimum atomic E-state index is -0.622. The molecule has 1 saturated heterocycles. The van der Waals surface area contributed by atoms with Gasteiger partial charge >= 0.3 is 0 Å². The van der Waals surface area contributed by atoms with E-state index in [0.717, 1.165) is 24.3 Å². The standard InChI is InChI=1S/C9H14N2O3S/c12-9(7-5-8(7)11(13)14)10-6-1-3-15-4-2-6/h6-8H,1-5H2,(H,10,12)/t7-,8+/m0/s1. The Balaban J connectivity index is 1.75. The molecule has 5 nitrogen and oxygen atoms in total. The molecule has 1 N–H and O–H groups in total. The van der Waals surface area contributed by atoms with Gasteiger partial charge in [0.05, 0.1) is 0 Å². The van der Waals surface area contributed by atoms with Crippen molar-refractivity contribution in [2.45, 2.75) is 31.3 Å². The molecule has 15 heavy (non-hydrogen) atoms. The Morgan fingerprint density at radius 2 is 2.07 bits per heavy atom. The van der Waals surface area contributed by atoms with Crippen LogP contribution < -0.4 is 5.32 Å². The zero-order valence-corrected chi connectivity index (χ0v) is 9.16. The van der Waals surface area contributed by atoms with Crippen LogP contribution in [0.15, 0.2) is 0 Å². The number of amides is 1. The van der Waals surface area contributed by atoms with Crippen molar-refractivity contribution in [3.63, 3.8) is 0 Å². The summed E-state index contributed by atoms with van der Waals surface area (Å²) < 4.78 is 0. The van der Waals surface area contributed by atoms with Crippen molar-refractivity contribution in [2.24, 2.45) is 5.92 Å². The average Bonchev–Trinajstić information content (AvgIpc) is 2.98. The number of nitrogens with one attached hydrogen (secondary N) is 1. The molecule has 2 aliphatic rings. The molecule has 84 valence electrons. The maximum Gasteiger partial charge on any atom is 0.230 e. The van der Waals surface area contributed by atoms with Crippen LogP contribution in [0.3, 0.4) is 0 Å². The number of hydrogen-bond acceptors (Lipinski definition) is 4. The molecule has 2 rings (SSSR count). The maximum atomic E-state index is 11.6. The zero-order chi connectivity index (χ0) is 10.8. The lowest BCUT2D eigenvalue weighted by Gasteiger charge is -2.22. The topological polar surface area (TPSA) is 72.2 Å². The summed E-state index contributed by atoms with van der Waals surface area (Å²) in [4.78, 5) is 21.6. The van der Waals surface area contributed by atoms with E-state index >= 15 is 0 Å². The lowest BCUT2D eigenvalue weighted by Crippen LogP contribution is -2.39. The van der Waals surface area contributed by atoms with Crippen LogP contribution in [0.4, 0.5) is 0 Å². The minimum Gasteiger partial charge on any atom is -0.353 e. The van der Waals surface area contributed by atoms with Crippen LogP contribution in [0.25, 0.3) is 0 Å². The summed E-state index contributed by atoms with van der Waals surface area (Å²) in [5.74, 6) is 1.67. The molecule has 2 fully saturated rings. The van der Waals surface area contributed by atoms with E-state index in [1.807, 2.05) is 11.8 Å². The van der Waals surface area contributed by atoms with E-state index in [1.165, 1.54) is 0 Å². The molecule has 1 aliphatic carbocycles. The Labute approximate surface area is 92.1 Å². The summed E-state index contributed by atoms with van der Waals surface area (Å²) in [6.45, 7) is 0. The fraction of sp³-hybridized carbons (Fsp3) is 0.889. The van der Waals surface area contributed by atoms with Gasteiger partial charge in [-0.2, -0.15) is 11.8 Å². The second-order valence-corrected chi connectivity index (χ2v) is 5.31. The number of rotatable bonds is 3. The second-order valence-electron chi connectivity index (χ2n) is 4.09. The average molecular weight is 230 g/mol. The van der Waals surface area contributed by atoms with Gasteiger partial charge < -0.3 is 5.32 Å². The molecule has 1 aliphatic heterocycles. The van der Waals surface area contributed by atoms with Crippen molar-refractivity contribution in [3.05, 3.63) is 10.1 Å². The second kappa shape index (κ2) is 4.38. The van der Waals surface area contributed by atoms with Gasteiger partial charge in [-0.15, -0.1) is 0 Å². The van der Waals surface area contributed by atoms with Crippen LogP contribution in [0.1, 0.15) is 19.3 Å². The van der Waals surface area contributed by atoms with E-state index in [9.17, 15) is 14.9 Å². The molecular weight excluding hydrogens is 216 g/mol. The van der Waals surface area contributed by atoms with Gasteiger partial charge in [0.1, 0.15) is 5.92 Å². The molecule has 0 radical (unpaired) electrons. The smallest absolute Gasteiger partial charge is 0.230 e. The van der Waals surface area contributed by atoms with Crippen molar-refractivity contribution in [1.82, 2.24) is 5.32 Å². The Morgan fingerprint density at radius 1 is 1.40 bits per heavy atom. The lowest BCUT2D eigenvalue weighted by atomic mass is 10.1. The molecule has 0 spiro atoms. The molecule has 1 heterocycles. The summed E-state index contributed by atoms with van der Waals surface area (Å²) in [5.41, 5.74) is 0. The van der Waals surface area contributed by atoms with Crippen molar-refractivity contribution < 1.29 is 9.72 Å². The van der Waals surface area contributed by atoms with E-state index in [0.29, 0.717) is 6.42 Å². The van der Waals surface area contributed by atoms with Crippen LogP contribution in [-0.4, -0.2) is 34.4 Å². The Kier molecular flexibility index (Phi) is 3.14. The predicted molar refractivity (Wildman–Crippen MR) is 57.4 cm³/mol. The number of nitro groups is 1. The zero-order valence-electron chi connectivity index (χ0n) is 8.35. The van der Waals surface area contributed by atoms with Crippen molar-refractivity contribution in [2.75, 3.05) is 11.5 Å². The molecule has 0 bridgehead atoms. The SMILES string of the molecule is O=C(NC1CCSCC1)[C@H]1C[C@H]1[N+](=O)[O-]. The van der Waals surface area contributed by atoms with Crippen LogP contribution >= 0.6 is 11.8 Å². The lowest BCUT2D eigenvalue weighted by molar-refractivity contribution is -0.497. The fourth-order valence-corrected chi connectivity index (χ4v) is 2.95. The summed E-state index contributed by atoms with van der Waals surface area (Å²) in [6.07, 6.45) is 2.40. The third-order valence-corrected chi connectivity index (χ3v) is 3.98. The van der Waals surface area contributed by atoms with E-state index < -0.39 is 6.04 Å². The van der Waals surface area contributed by atoms with Gasteiger partial charge in [0.15, 0.2) is 0 Å². The quantitative estimate of drug-likeness (QED) is 0.571. The molecular formula is C9H14N2O3S. The van der Waals surface area contributed by atoms with E-state index in [-0.39, 0.29) is 22.8 Å². The number of thioether (sulfide) groups is 1. The fourth-order valence-electron chi connectivity index (χ4n) is 1.85. The highest BCUT2D eigenvalue weighted by atomic mass is 32.2. The van der Waals surface area contributed by atoms with E-state index in [2.05, 4.69) is 5.32 Å². The monoisotopic (exact) mass is 230 g/mol. The summed E-state index contributed by atoms with van der Waals surface area (Å²) in [6, 6.07) is -0.380. The summed E-state index contributed by atoms with van der Waals surface area (Å²) >= 11 is 1.90. The first kappa shape index (κ1) is 10.7. The summed E-state index contributed by atoms with van der Waals surface area (Å²) in [5, 5.41) is 13.3. The van der Waals surface area contributed by atoms with Crippen molar-refractivity contribution in [1.29, 1.82) is 0 Å². The number of carbonyl (C=O) groups excluding carboxylic acids is 1. The molecule has 0 unspecified atom stereocenters. The number of carbonyl (C=O) groups is 1. The van der Waals surface area contributed by atoms with Gasteiger partial charge in [-0.25, -0.2) is 0 Å². The van der Waals surface area contributed by atoms with Gasteiger partial charge in [-0.1, -0.05) is 0 Å². The molecule has 0 aromatic rings. The summed E-state index contributed by atoms with van der Waals surface area (Å²) in [7, 11) is 0. The van der Waals surface area contributed by atoms with Crippen LogP contribution in [0.2, 0.25) is 0 Å². The van der Waals surface area contributed by atoms with Gasteiger partial charge in [-0.05, 0) is 24.3 Å². The number of nitrogens with zero attached hydrogens (tertiary/aromatic N) is 1. The highest BCUT2D eigenvalue weighted by molar-refractivity contribution is 7.99. The van der Waals surface area contributed by atoms with Gasteiger partial charge in [0.2, 0.25) is 11.9 Å². The first-order chi connectivity index (χ1) is 7.18. The van der Waals surface area contributed by atoms with Gasteiger partial charge in [0.25, 0.3) is 0 Å². The van der Waals surface area contributed by atoms with Gasteiger partial charge in [-0.3, -0.25) is 14.9 Å². The maximum absolute atomic E-state index is 11.6. The normalized spacial score (nSPS) is 30.9. The highest BCUT2D eigenvalue weighted by Gasteiger charge is 2.53. The third-order valence-electron chi connectivity index (χ3n) is 2.93. The molecule has 1 amide bonds. The number of hydrogen-bond donors (Lipinski definition) is 1. The molecule has 2 atom stereocenters.